The molecule has 0 unspecified atom stereocenters. The molecule has 0 amide bonds. The van der Waals surface area contributed by atoms with E-state index in [9.17, 15) is 8.42 Å². The lowest BCUT2D eigenvalue weighted by Gasteiger charge is -2.33. The van der Waals surface area contributed by atoms with E-state index in [1.165, 1.54) is 12.1 Å². The van der Waals surface area contributed by atoms with E-state index in [1.54, 1.807) is 0 Å². The van der Waals surface area contributed by atoms with E-state index >= 15 is 0 Å². The Morgan fingerprint density at radius 1 is 1.19 bits per heavy atom. The van der Waals surface area contributed by atoms with Crippen molar-refractivity contribution in [1.29, 1.82) is 0 Å². The summed E-state index contributed by atoms with van der Waals surface area (Å²) in [5.74, 6) is 0. The number of rotatable bonds is 4. The minimum Gasteiger partial charge on any atom is -0.324 e. The van der Waals surface area contributed by atoms with Crippen molar-refractivity contribution in [3.8, 4) is 0 Å². The fourth-order valence-electron chi connectivity index (χ4n) is 2.53. The van der Waals surface area contributed by atoms with Crippen LogP contribution in [0.15, 0.2) is 21.5 Å². The van der Waals surface area contributed by atoms with E-state index in [4.69, 9.17) is 28.9 Å². The summed E-state index contributed by atoms with van der Waals surface area (Å²) in [5, 5.41) is 0.160. The molecule has 1 aliphatic rings. The molecule has 8 heteroatoms. The van der Waals surface area contributed by atoms with Crippen molar-refractivity contribution in [2.45, 2.75) is 42.5 Å². The predicted octanol–water partition coefficient (Wildman–Crippen LogP) is 3.70. The van der Waals surface area contributed by atoms with Crippen LogP contribution in [-0.2, 0) is 10.0 Å². The summed E-state index contributed by atoms with van der Waals surface area (Å²) >= 11 is 15.2. The number of sulfonamides is 1. The molecule has 1 aromatic carbocycles. The third-order valence-electron chi connectivity index (χ3n) is 3.70. The standard InChI is InChI=1S/C13H17BrCl2N2O2S/c14-9-6-10(15)12(11(16)7-9)21(19,20)18-8-13(17)4-2-1-3-5-13/h6-7,18H,1-5,8,17H2. The van der Waals surface area contributed by atoms with Gasteiger partial charge < -0.3 is 5.73 Å². The smallest absolute Gasteiger partial charge is 0.243 e. The average Bonchev–Trinajstić information content (AvgIpc) is 2.36. The van der Waals surface area contributed by atoms with E-state index in [0.717, 1.165) is 32.1 Å². The molecule has 0 atom stereocenters. The highest BCUT2D eigenvalue weighted by molar-refractivity contribution is 9.10. The minimum absolute atomic E-state index is 0.0802. The Labute approximate surface area is 143 Å². The van der Waals surface area contributed by atoms with Crippen LogP contribution >= 0.6 is 39.1 Å². The summed E-state index contributed by atoms with van der Waals surface area (Å²) in [4.78, 5) is -0.103. The molecular weight excluding hydrogens is 399 g/mol. The van der Waals surface area contributed by atoms with Crippen LogP contribution in [0.3, 0.4) is 0 Å². The second kappa shape index (κ2) is 6.72. The van der Waals surface area contributed by atoms with Gasteiger partial charge >= 0.3 is 0 Å². The largest absolute Gasteiger partial charge is 0.324 e. The SMILES string of the molecule is NC1(CNS(=O)(=O)c2c(Cl)cc(Br)cc2Cl)CCCCC1. The number of benzene rings is 1. The lowest BCUT2D eigenvalue weighted by Crippen LogP contribution is -2.51. The highest BCUT2D eigenvalue weighted by Crippen LogP contribution is 2.33. The highest BCUT2D eigenvalue weighted by Gasteiger charge is 2.30. The first kappa shape index (κ1) is 17.5. The molecule has 118 valence electrons. The molecule has 4 nitrogen and oxygen atoms in total. The first-order valence-corrected chi connectivity index (χ1v) is 9.70. The number of hydrogen-bond donors (Lipinski definition) is 2. The third kappa shape index (κ3) is 4.33. The fourth-order valence-corrected chi connectivity index (χ4v) is 5.60. The highest BCUT2D eigenvalue weighted by atomic mass is 79.9. The Morgan fingerprint density at radius 2 is 1.71 bits per heavy atom. The normalized spacial score (nSPS) is 18.7. The van der Waals surface area contributed by atoms with Gasteiger partial charge in [-0.3, -0.25) is 0 Å². The molecule has 0 saturated heterocycles. The van der Waals surface area contributed by atoms with Crippen LogP contribution in [0.2, 0.25) is 10.0 Å². The molecule has 1 saturated carbocycles. The lowest BCUT2D eigenvalue weighted by atomic mass is 9.83. The van der Waals surface area contributed by atoms with Crippen molar-refractivity contribution in [3.05, 3.63) is 26.7 Å². The van der Waals surface area contributed by atoms with Crippen molar-refractivity contribution in [2.75, 3.05) is 6.54 Å². The Balaban J connectivity index is 2.19. The zero-order valence-electron chi connectivity index (χ0n) is 11.3. The van der Waals surface area contributed by atoms with Crippen LogP contribution in [0.1, 0.15) is 32.1 Å². The summed E-state index contributed by atoms with van der Waals surface area (Å²) in [6, 6.07) is 3.00. The van der Waals surface area contributed by atoms with Gasteiger partial charge in [-0.1, -0.05) is 58.4 Å². The number of nitrogens with two attached hydrogens (primary N) is 1. The Kier molecular flexibility index (Phi) is 5.60. The van der Waals surface area contributed by atoms with E-state index in [0.29, 0.717) is 4.47 Å². The molecular formula is C13H17BrCl2N2O2S. The molecule has 0 aliphatic heterocycles. The first-order chi connectivity index (χ1) is 9.73. The van der Waals surface area contributed by atoms with Gasteiger partial charge in [0.1, 0.15) is 4.90 Å². The average molecular weight is 416 g/mol. The van der Waals surface area contributed by atoms with Gasteiger partial charge in [0, 0.05) is 16.6 Å². The van der Waals surface area contributed by atoms with Crippen molar-refractivity contribution in [1.82, 2.24) is 4.72 Å². The Hall–Kier alpha value is 0.150. The van der Waals surface area contributed by atoms with E-state index < -0.39 is 15.6 Å². The molecule has 2 rings (SSSR count). The van der Waals surface area contributed by atoms with Gasteiger partial charge in [0.25, 0.3) is 0 Å². The van der Waals surface area contributed by atoms with E-state index in [-0.39, 0.29) is 21.5 Å². The maximum absolute atomic E-state index is 12.4. The molecule has 0 radical (unpaired) electrons. The fraction of sp³-hybridized carbons (Fsp3) is 0.538. The monoisotopic (exact) mass is 414 g/mol. The molecule has 0 bridgehead atoms. The summed E-state index contributed by atoms with van der Waals surface area (Å²) in [6.45, 7) is 0.193. The van der Waals surface area contributed by atoms with Crippen LogP contribution in [-0.4, -0.2) is 20.5 Å². The minimum atomic E-state index is -3.79. The van der Waals surface area contributed by atoms with Crippen molar-refractivity contribution >= 4 is 49.2 Å². The van der Waals surface area contributed by atoms with Crippen LogP contribution in [0.5, 0.6) is 0 Å². The number of halogens is 3. The van der Waals surface area contributed by atoms with Crippen molar-refractivity contribution in [2.24, 2.45) is 5.73 Å². The van der Waals surface area contributed by atoms with Crippen LogP contribution in [0, 0.1) is 0 Å². The predicted molar refractivity (Wildman–Crippen MR) is 89.4 cm³/mol. The van der Waals surface area contributed by atoms with Crippen LogP contribution < -0.4 is 10.5 Å². The van der Waals surface area contributed by atoms with Gasteiger partial charge in [0.2, 0.25) is 10.0 Å². The zero-order chi connectivity index (χ0) is 15.7. The summed E-state index contributed by atoms with van der Waals surface area (Å²) < 4.78 is 28.0. The molecule has 21 heavy (non-hydrogen) atoms. The van der Waals surface area contributed by atoms with Gasteiger partial charge in [-0.2, -0.15) is 0 Å². The molecule has 1 fully saturated rings. The molecule has 3 N–H and O–H groups in total. The Morgan fingerprint density at radius 3 is 2.24 bits per heavy atom. The maximum atomic E-state index is 12.4. The first-order valence-electron chi connectivity index (χ1n) is 6.67. The molecule has 1 aliphatic carbocycles. The van der Waals surface area contributed by atoms with E-state index in [2.05, 4.69) is 20.7 Å². The van der Waals surface area contributed by atoms with Crippen molar-refractivity contribution in [3.63, 3.8) is 0 Å². The number of nitrogens with one attached hydrogen (secondary N) is 1. The topological polar surface area (TPSA) is 72.2 Å². The zero-order valence-corrected chi connectivity index (χ0v) is 15.2. The van der Waals surface area contributed by atoms with Gasteiger partial charge in [0.05, 0.1) is 10.0 Å². The lowest BCUT2D eigenvalue weighted by molar-refractivity contribution is 0.296. The second-order valence-electron chi connectivity index (χ2n) is 5.45. The second-order valence-corrected chi connectivity index (χ2v) is 8.88. The summed E-state index contributed by atoms with van der Waals surface area (Å²) in [6.07, 6.45) is 4.83. The maximum Gasteiger partial charge on any atom is 0.243 e. The van der Waals surface area contributed by atoms with Gasteiger partial charge in [-0.05, 0) is 25.0 Å². The van der Waals surface area contributed by atoms with Gasteiger partial charge in [0.15, 0.2) is 0 Å². The van der Waals surface area contributed by atoms with Gasteiger partial charge in [-0.15, -0.1) is 0 Å². The van der Waals surface area contributed by atoms with Crippen LogP contribution in [0.25, 0.3) is 0 Å². The van der Waals surface area contributed by atoms with E-state index in [1.807, 2.05) is 0 Å². The van der Waals surface area contributed by atoms with Gasteiger partial charge in [-0.25, -0.2) is 13.1 Å². The molecule has 0 aromatic heterocycles. The molecule has 0 spiro atoms. The Bertz CT molecular complexity index is 608. The van der Waals surface area contributed by atoms with Crippen molar-refractivity contribution < 1.29 is 8.42 Å². The summed E-state index contributed by atoms with van der Waals surface area (Å²) in [7, 11) is -3.79. The third-order valence-corrected chi connectivity index (χ3v) is 6.48. The summed E-state index contributed by atoms with van der Waals surface area (Å²) in [5.41, 5.74) is 5.76. The number of hydrogen-bond acceptors (Lipinski definition) is 3. The van der Waals surface area contributed by atoms with Crippen LogP contribution in [0.4, 0.5) is 0 Å². The molecule has 0 heterocycles. The molecule has 1 aromatic rings. The quantitative estimate of drug-likeness (QED) is 0.787.